The molecule has 1 unspecified atom stereocenters. The number of hydrogen-bond acceptors (Lipinski definition) is 7. The van der Waals surface area contributed by atoms with Crippen molar-refractivity contribution in [2.75, 3.05) is 5.73 Å². The Morgan fingerprint density at radius 2 is 1.61 bits per heavy atom. The van der Waals surface area contributed by atoms with Crippen molar-refractivity contribution < 1.29 is 59.7 Å². The average molecular weight is 601 g/mol. The molecule has 10 nitrogen and oxygen atoms in total. The molecular weight excluding hydrogens is 578 g/mol. The van der Waals surface area contributed by atoms with Crippen LogP contribution in [0.2, 0.25) is 0 Å². The van der Waals surface area contributed by atoms with Gasteiger partial charge in [0.05, 0.1) is 11.9 Å². The number of nitrogens with two attached hydrogens (primary N) is 2. The Morgan fingerprint density at radius 3 is 2.07 bits per heavy atom. The van der Waals surface area contributed by atoms with Crippen LogP contribution in [0.15, 0.2) is 24.4 Å². The van der Waals surface area contributed by atoms with E-state index in [1.54, 1.807) is 0 Å². The number of nitrogens with zero attached hydrogens (tertiary/aromatic N) is 2. The molecule has 1 aromatic carbocycles. The number of hydrogen-bond donors (Lipinski definition) is 5. The molecule has 2 aromatic rings. The summed E-state index contributed by atoms with van der Waals surface area (Å²) in [6.45, 7) is 1.52. The quantitative estimate of drug-likeness (QED) is 0.324. The number of aromatic nitrogens is 2. The van der Waals surface area contributed by atoms with Crippen molar-refractivity contribution in [1.29, 1.82) is 0 Å². The van der Waals surface area contributed by atoms with Gasteiger partial charge in [0.1, 0.15) is 0 Å². The first-order valence-electron chi connectivity index (χ1n) is 11.4. The van der Waals surface area contributed by atoms with Gasteiger partial charge in [-0.05, 0) is 31.4 Å². The van der Waals surface area contributed by atoms with E-state index in [1.165, 1.54) is 13.0 Å². The zero-order valence-electron chi connectivity index (χ0n) is 20.9. The summed E-state index contributed by atoms with van der Waals surface area (Å²) >= 11 is 0. The number of aliphatic hydroxyl groups is 1. The lowest BCUT2D eigenvalue weighted by atomic mass is 9.89. The molecule has 1 atom stereocenters. The number of carboxylic acid groups (broad SMARTS) is 1. The molecule has 1 aliphatic carbocycles. The monoisotopic (exact) mass is 601 g/mol. The van der Waals surface area contributed by atoms with Gasteiger partial charge in [-0.15, -0.1) is 0 Å². The SMILES string of the molecule is Cc1ccc(C(O)(C(N)=O)C(F)(F)F)cc1-c1cnc(N)c(C(=O)NC2CCC(F)(F)CC2)n1.O=C(O)C(F)(F)F. The number of aryl methyl sites for hydroxylation is 1. The van der Waals surface area contributed by atoms with Gasteiger partial charge in [0.2, 0.25) is 5.92 Å². The van der Waals surface area contributed by atoms with E-state index in [4.69, 9.17) is 21.4 Å². The highest BCUT2D eigenvalue weighted by Gasteiger charge is 2.60. The molecule has 2 amide bonds. The van der Waals surface area contributed by atoms with Gasteiger partial charge < -0.3 is 27.0 Å². The molecule has 0 spiro atoms. The number of benzene rings is 1. The largest absolute Gasteiger partial charge is 0.490 e. The van der Waals surface area contributed by atoms with Crippen molar-refractivity contribution in [3.05, 3.63) is 41.2 Å². The fraction of sp³-hybridized carbons (Fsp3) is 0.435. The normalized spacial score (nSPS) is 17.0. The van der Waals surface area contributed by atoms with Crippen LogP contribution in [0.4, 0.5) is 40.9 Å². The van der Waals surface area contributed by atoms with E-state index < -0.39 is 53.3 Å². The number of amides is 2. The summed E-state index contributed by atoms with van der Waals surface area (Å²) in [5.74, 6) is -8.62. The van der Waals surface area contributed by atoms with Gasteiger partial charge in [-0.2, -0.15) is 26.3 Å². The topological polar surface area (TPSA) is 182 Å². The second kappa shape index (κ2) is 11.8. The van der Waals surface area contributed by atoms with Crippen LogP contribution >= 0.6 is 0 Å². The molecule has 1 aliphatic rings. The molecule has 41 heavy (non-hydrogen) atoms. The first-order chi connectivity index (χ1) is 18.6. The lowest BCUT2D eigenvalue weighted by Crippen LogP contribution is -2.52. The number of halogens is 8. The Balaban J connectivity index is 0.000000745. The number of nitrogens with one attached hydrogen (secondary N) is 1. The van der Waals surface area contributed by atoms with Crippen LogP contribution in [0, 0.1) is 6.92 Å². The maximum atomic E-state index is 13.5. The van der Waals surface area contributed by atoms with Gasteiger partial charge in [-0.25, -0.2) is 23.5 Å². The van der Waals surface area contributed by atoms with Crippen molar-refractivity contribution in [2.45, 2.75) is 62.5 Å². The number of alkyl halides is 8. The highest BCUT2D eigenvalue weighted by atomic mass is 19.4. The minimum absolute atomic E-state index is 0.0280. The molecule has 7 N–H and O–H groups in total. The zero-order chi connectivity index (χ0) is 31.6. The van der Waals surface area contributed by atoms with E-state index in [9.17, 15) is 49.8 Å². The van der Waals surface area contributed by atoms with Crippen molar-refractivity contribution in [3.8, 4) is 11.3 Å². The number of anilines is 1. The van der Waals surface area contributed by atoms with Gasteiger partial charge >= 0.3 is 18.3 Å². The summed E-state index contributed by atoms with van der Waals surface area (Å²) in [5, 5.41) is 19.8. The van der Waals surface area contributed by atoms with E-state index in [-0.39, 0.29) is 48.5 Å². The van der Waals surface area contributed by atoms with E-state index in [2.05, 4.69) is 15.3 Å². The molecule has 0 aliphatic heterocycles. The number of carbonyl (C=O) groups is 3. The summed E-state index contributed by atoms with van der Waals surface area (Å²) in [7, 11) is 0. The molecule has 1 heterocycles. The fourth-order valence-corrected chi connectivity index (χ4v) is 3.70. The van der Waals surface area contributed by atoms with Gasteiger partial charge in [0.15, 0.2) is 11.5 Å². The van der Waals surface area contributed by atoms with Crippen LogP contribution in [-0.4, -0.2) is 62.3 Å². The minimum atomic E-state index is -5.40. The number of carbonyl (C=O) groups excluding carboxylic acids is 2. The van der Waals surface area contributed by atoms with Gasteiger partial charge in [0, 0.05) is 30.0 Å². The number of nitrogen functional groups attached to an aromatic ring is 1. The molecular formula is C23H23F8N5O5. The maximum absolute atomic E-state index is 13.5. The molecule has 1 aromatic heterocycles. The van der Waals surface area contributed by atoms with Crippen LogP contribution in [0.1, 0.15) is 47.3 Å². The summed E-state index contributed by atoms with van der Waals surface area (Å²) in [5.41, 5.74) is 5.79. The van der Waals surface area contributed by atoms with Gasteiger partial charge in [-0.1, -0.05) is 12.1 Å². The van der Waals surface area contributed by atoms with Crippen molar-refractivity contribution in [2.24, 2.45) is 5.73 Å². The highest BCUT2D eigenvalue weighted by molar-refractivity contribution is 5.97. The molecule has 0 bridgehead atoms. The Labute approximate surface area is 225 Å². The Morgan fingerprint density at radius 1 is 1.07 bits per heavy atom. The molecule has 1 fully saturated rings. The third kappa shape index (κ3) is 7.77. The molecule has 226 valence electrons. The van der Waals surface area contributed by atoms with Crippen LogP contribution in [0.3, 0.4) is 0 Å². The first kappa shape index (κ1) is 33.1. The van der Waals surface area contributed by atoms with Gasteiger partial charge in [0.25, 0.3) is 17.4 Å². The Kier molecular flexibility index (Phi) is 9.53. The summed E-state index contributed by atoms with van der Waals surface area (Å²) in [6, 6.07) is 2.46. The number of rotatable bonds is 5. The molecule has 1 saturated carbocycles. The summed E-state index contributed by atoms with van der Waals surface area (Å²) in [4.78, 5) is 41.1. The summed E-state index contributed by atoms with van der Waals surface area (Å²) in [6.07, 6.45) is -10.0. The van der Waals surface area contributed by atoms with Crippen molar-refractivity contribution in [1.82, 2.24) is 15.3 Å². The molecule has 0 saturated heterocycles. The van der Waals surface area contributed by atoms with Crippen molar-refractivity contribution in [3.63, 3.8) is 0 Å². The van der Waals surface area contributed by atoms with E-state index in [1.807, 2.05) is 0 Å². The van der Waals surface area contributed by atoms with Crippen LogP contribution < -0.4 is 16.8 Å². The number of aliphatic carboxylic acids is 1. The van der Waals surface area contributed by atoms with Crippen LogP contribution in [0.5, 0.6) is 0 Å². The predicted octanol–water partition coefficient (Wildman–Crippen LogP) is 3.21. The minimum Gasteiger partial charge on any atom is -0.475 e. The highest BCUT2D eigenvalue weighted by Crippen LogP contribution is 2.40. The van der Waals surface area contributed by atoms with Gasteiger partial charge in [-0.3, -0.25) is 9.59 Å². The lowest BCUT2D eigenvalue weighted by Gasteiger charge is -2.28. The zero-order valence-corrected chi connectivity index (χ0v) is 20.9. The third-order valence-electron chi connectivity index (χ3n) is 6.01. The fourth-order valence-electron chi connectivity index (χ4n) is 3.70. The average Bonchev–Trinajstić information content (AvgIpc) is 2.84. The maximum Gasteiger partial charge on any atom is 0.490 e. The second-order valence-corrected chi connectivity index (χ2v) is 9.00. The Bertz CT molecular complexity index is 1310. The predicted molar refractivity (Wildman–Crippen MR) is 124 cm³/mol. The standard InChI is InChI=1S/C21H22F5N5O3.C2HF3O2/c1-10-2-3-11(20(34,18(28)33)21(24,25)26)8-13(10)14-9-29-16(27)15(31-14)17(32)30-12-4-6-19(22,23)7-5-12;3-2(4,5)1(6)7/h2-3,8-9,12,34H,4-7H2,1H3,(H2,27,29)(H2,28,33)(H,30,32);(H,6,7). The Hall–Kier alpha value is -4.09. The van der Waals surface area contributed by atoms with Crippen molar-refractivity contribution >= 4 is 23.6 Å². The molecule has 3 rings (SSSR count). The first-order valence-corrected chi connectivity index (χ1v) is 11.4. The van der Waals surface area contributed by atoms with E-state index in [0.717, 1.165) is 18.3 Å². The van der Waals surface area contributed by atoms with E-state index in [0.29, 0.717) is 5.56 Å². The van der Waals surface area contributed by atoms with Crippen LogP contribution in [-0.2, 0) is 15.2 Å². The number of primary amides is 1. The van der Waals surface area contributed by atoms with Crippen LogP contribution in [0.25, 0.3) is 11.3 Å². The second-order valence-electron chi connectivity index (χ2n) is 9.00. The third-order valence-corrected chi connectivity index (χ3v) is 6.01. The lowest BCUT2D eigenvalue weighted by molar-refractivity contribution is -0.255. The molecule has 0 radical (unpaired) electrons. The smallest absolute Gasteiger partial charge is 0.475 e. The van der Waals surface area contributed by atoms with E-state index >= 15 is 0 Å². The number of carboxylic acids is 1. The molecule has 18 heteroatoms. The summed E-state index contributed by atoms with van der Waals surface area (Å²) < 4.78 is 98.9.